The summed E-state index contributed by atoms with van der Waals surface area (Å²) in [6.07, 6.45) is 1.44. The van der Waals surface area contributed by atoms with Crippen molar-refractivity contribution in [3.05, 3.63) is 24.3 Å². The number of hydrogen-bond acceptors (Lipinski definition) is 4. The molecule has 1 rings (SSSR count). The number of rotatable bonds is 8. The molecule has 0 bridgehead atoms. The number of carbonyl (C=O) groups excluding carboxylic acids is 1. The molecular formula is C15H25N3O3S. The molecule has 0 saturated carbocycles. The fourth-order valence-electron chi connectivity index (χ4n) is 1.71. The first kappa shape index (κ1) is 18.4. The summed E-state index contributed by atoms with van der Waals surface area (Å²) in [7, 11) is -3.31. The zero-order valence-corrected chi connectivity index (χ0v) is 14.1. The molecular weight excluding hydrogens is 302 g/mol. The minimum atomic E-state index is -3.31. The number of unbranched alkanes of at least 4 members (excludes halogenated alkanes) is 1. The van der Waals surface area contributed by atoms with Gasteiger partial charge in [0.05, 0.1) is 11.8 Å². The number of carbonyl (C=O) groups is 1. The fraction of sp³-hybridized carbons (Fsp3) is 0.533. The summed E-state index contributed by atoms with van der Waals surface area (Å²) < 4.78 is 26.1. The smallest absolute Gasteiger partial charge is 0.241 e. The highest BCUT2D eigenvalue weighted by Gasteiger charge is 2.17. The third-order valence-corrected chi connectivity index (χ3v) is 4.59. The molecule has 1 atom stereocenters. The van der Waals surface area contributed by atoms with E-state index in [0.717, 1.165) is 6.42 Å². The van der Waals surface area contributed by atoms with Crippen LogP contribution in [0.15, 0.2) is 24.3 Å². The molecule has 22 heavy (non-hydrogen) atoms. The van der Waals surface area contributed by atoms with E-state index in [1.807, 2.05) is 20.8 Å². The highest BCUT2D eigenvalue weighted by molar-refractivity contribution is 7.92. The lowest BCUT2D eigenvalue weighted by atomic mass is 10.0. The first-order chi connectivity index (χ1) is 10.2. The molecule has 0 heterocycles. The monoisotopic (exact) mass is 327 g/mol. The second kappa shape index (κ2) is 8.14. The van der Waals surface area contributed by atoms with Crippen molar-refractivity contribution in [1.82, 2.24) is 0 Å². The van der Waals surface area contributed by atoms with E-state index in [0.29, 0.717) is 17.8 Å². The van der Waals surface area contributed by atoms with Crippen LogP contribution in [0.25, 0.3) is 0 Å². The Hall–Kier alpha value is -1.60. The molecule has 0 aliphatic heterocycles. The molecule has 1 amide bonds. The van der Waals surface area contributed by atoms with Gasteiger partial charge in [-0.1, -0.05) is 27.2 Å². The number of benzene rings is 1. The molecule has 0 aliphatic rings. The Labute approximate surface area is 132 Å². The Bertz CT molecular complexity index is 583. The van der Waals surface area contributed by atoms with E-state index in [1.54, 1.807) is 24.3 Å². The molecule has 0 fully saturated rings. The average molecular weight is 327 g/mol. The second-order valence-electron chi connectivity index (χ2n) is 5.61. The molecule has 1 aromatic carbocycles. The lowest BCUT2D eigenvalue weighted by Gasteiger charge is -2.15. The topological polar surface area (TPSA) is 101 Å². The maximum Gasteiger partial charge on any atom is 0.241 e. The van der Waals surface area contributed by atoms with Crippen LogP contribution in [0.2, 0.25) is 0 Å². The molecule has 0 aromatic heterocycles. The van der Waals surface area contributed by atoms with Gasteiger partial charge in [0.15, 0.2) is 0 Å². The lowest BCUT2D eigenvalue weighted by Crippen LogP contribution is -2.39. The van der Waals surface area contributed by atoms with Crippen LogP contribution in [0.4, 0.5) is 11.4 Å². The van der Waals surface area contributed by atoms with Gasteiger partial charge < -0.3 is 11.1 Å². The van der Waals surface area contributed by atoms with Gasteiger partial charge in [0, 0.05) is 11.4 Å². The molecule has 7 heteroatoms. The van der Waals surface area contributed by atoms with Gasteiger partial charge in [0.25, 0.3) is 0 Å². The second-order valence-corrected chi connectivity index (χ2v) is 7.45. The summed E-state index contributed by atoms with van der Waals surface area (Å²) in [6.45, 7) is 5.69. The summed E-state index contributed by atoms with van der Waals surface area (Å²) in [6, 6.07) is 5.93. The van der Waals surface area contributed by atoms with Crippen molar-refractivity contribution in [1.29, 1.82) is 0 Å². The molecule has 124 valence electrons. The zero-order valence-electron chi connectivity index (χ0n) is 13.3. The maximum atomic E-state index is 11.8. The van der Waals surface area contributed by atoms with E-state index in [-0.39, 0.29) is 17.6 Å². The molecule has 0 saturated heterocycles. The minimum absolute atomic E-state index is 0.0460. The number of hydrogen-bond donors (Lipinski definition) is 3. The van der Waals surface area contributed by atoms with Crippen molar-refractivity contribution in [3.8, 4) is 0 Å². The molecule has 0 radical (unpaired) electrons. The number of nitrogens with two attached hydrogens (primary N) is 1. The van der Waals surface area contributed by atoms with Crippen molar-refractivity contribution in [2.24, 2.45) is 11.7 Å². The van der Waals surface area contributed by atoms with Crippen molar-refractivity contribution in [3.63, 3.8) is 0 Å². The van der Waals surface area contributed by atoms with Gasteiger partial charge in [-0.2, -0.15) is 0 Å². The van der Waals surface area contributed by atoms with Crippen molar-refractivity contribution in [2.45, 2.75) is 39.7 Å². The number of sulfonamides is 1. The van der Waals surface area contributed by atoms with Crippen LogP contribution in [-0.4, -0.2) is 26.1 Å². The molecule has 0 unspecified atom stereocenters. The average Bonchev–Trinajstić information content (AvgIpc) is 2.46. The molecule has 4 N–H and O–H groups in total. The predicted molar refractivity (Wildman–Crippen MR) is 90.2 cm³/mol. The number of anilines is 2. The van der Waals surface area contributed by atoms with E-state index in [4.69, 9.17) is 5.73 Å². The van der Waals surface area contributed by atoms with Crippen LogP contribution in [-0.2, 0) is 14.8 Å². The van der Waals surface area contributed by atoms with Crippen LogP contribution in [0.1, 0.15) is 33.6 Å². The van der Waals surface area contributed by atoms with Crippen LogP contribution < -0.4 is 15.8 Å². The van der Waals surface area contributed by atoms with E-state index in [2.05, 4.69) is 10.0 Å². The Morgan fingerprint density at radius 1 is 1.18 bits per heavy atom. The Morgan fingerprint density at radius 3 is 2.23 bits per heavy atom. The summed E-state index contributed by atoms with van der Waals surface area (Å²) in [5.74, 6) is -0.110. The third kappa shape index (κ3) is 6.03. The summed E-state index contributed by atoms with van der Waals surface area (Å²) >= 11 is 0. The predicted octanol–water partition coefficient (Wildman–Crippen LogP) is 2.15. The highest BCUT2D eigenvalue weighted by atomic mass is 32.2. The Balaban J connectivity index is 2.65. The summed E-state index contributed by atoms with van der Waals surface area (Å²) in [4.78, 5) is 11.8. The van der Waals surface area contributed by atoms with Crippen molar-refractivity contribution in [2.75, 3.05) is 15.8 Å². The molecule has 0 spiro atoms. The maximum absolute atomic E-state index is 11.8. The summed E-state index contributed by atoms with van der Waals surface area (Å²) in [5, 5.41) is 2.71. The first-order valence-electron chi connectivity index (χ1n) is 7.42. The largest absolute Gasteiger partial charge is 0.325 e. The van der Waals surface area contributed by atoms with Gasteiger partial charge in [0.2, 0.25) is 15.9 Å². The van der Waals surface area contributed by atoms with E-state index in [9.17, 15) is 13.2 Å². The van der Waals surface area contributed by atoms with E-state index < -0.39 is 16.1 Å². The fourth-order valence-corrected chi connectivity index (χ4v) is 2.98. The SMILES string of the molecule is CCCCS(=O)(=O)Nc1ccc(NC(=O)[C@@H](N)C(C)C)cc1. The highest BCUT2D eigenvalue weighted by Crippen LogP contribution is 2.16. The molecule has 6 nitrogen and oxygen atoms in total. The minimum Gasteiger partial charge on any atom is -0.325 e. The standard InChI is InChI=1S/C15H25N3O3S/c1-4-5-10-22(20,21)18-13-8-6-12(7-9-13)17-15(19)14(16)11(2)3/h6-9,11,14,18H,4-5,10,16H2,1-3H3,(H,17,19)/t14-/m0/s1. The Kier molecular flexibility index (Phi) is 6.83. The van der Waals surface area contributed by atoms with Crippen molar-refractivity contribution >= 4 is 27.3 Å². The zero-order chi connectivity index (χ0) is 16.8. The van der Waals surface area contributed by atoms with Crippen LogP contribution in [0.5, 0.6) is 0 Å². The number of nitrogens with one attached hydrogen (secondary N) is 2. The van der Waals surface area contributed by atoms with Crippen LogP contribution >= 0.6 is 0 Å². The Morgan fingerprint density at radius 2 is 1.73 bits per heavy atom. The van der Waals surface area contributed by atoms with E-state index in [1.165, 1.54) is 0 Å². The summed E-state index contributed by atoms with van der Waals surface area (Å²) in [5.41, 5.74) is 6.82. The van der Waals surface area contributed by atoms with Gasteiger partial charge in [-0.15, -0.1) is 0 Å². The van der Waals surface area contributed by atoms with Gasteiger partial charge in [-0.25, -0.2) is 8.42 Å². The van der Waals surface area contributed by atoms with Crippen molar-refractivity contribution < 1.29 is 13.2 Å². The van der Waals surface area contributed by atoms with Crippen LogP contribution in [0.3, 0.4) is 0 Å². The first-order valence-corrected chi connectivity index (χ1v) is 9.07. The van der Waals surface area contributed by atoms with Gasteiger partial charge in [-0.3, -0.25) is 9.52 Å². The van der Waals surface area contributed by atoms with Gasteiger partial charge >= 0.3 is 0 Å². The normalized spacial score (nSPS) is 13.0. The van der Waals surface area contributed by atoms with Gasteiger partial charge in [0.1, 0.15) is 0 Å². The lowest BCUT2D eigenvalue weighted by molar-refractivity contribution is -0.118. The third-order valence-electron chi connectivity index (χ3n) is 3.21. The quantitative estimate of drug-likeness (QED) is 0.681. The van der Waals surface area contributed by atoms with E-state index >= 15 is 0 Å². The van der Waals surface area contributed by atoms with Crippen LogP contribution in [0, 0.1) is 5.92 Å². The number of amides is 1. The molecule has 1 aromatic rings. The van der Waals surface area contributed by atoms with Gasteiger partial charge in [-0.05, 0) is 36.6 Å². The molecule has 0 aliphatic carbocycles.